The van der Waals surface area contributed by atoms with Crippen LogP contribution in [-0.2, 0) is 9.59 Å². The molecule has 1 fully saturated rings. The number of carbonyl (C=O) groups is 3. The van der Waals surface area contributed by atoms with Crippen molar-refractivity contribution in [1.29, 1.82) is 0 Å². The van der Waals surface area contributed by atoms with Gasteiger partial charge in [0.2, 0.25) is 5.91 Å². The molecular weight excluding hydrogens is 436 g/mol. The van der Waals surface area contributed by atoms with E-state index < -0.39 is 17.1 Å². The van der Waals surface area contributed by atoms with Gasteiger partial charge in [-0.05, 0) is 65.7 Å². The summed E-state index contributed by atoms with van der Waals surface area (Å²) >= 11 is 0.831. The Balaban J connectivity index is 1.59. The number of benzene rings is 3. The first-order valence-electron chi connectivity index (χ1n) is 10.7. The van der Waals surface area contributed by atoms with E-state index in [1.165, 1.54) is 0 Å². The van der Waals surface area contributed by atoms with Crippen molar-refractivity contribution in [3.8, 4) is 5.75 Å². The molecule has 0 bridgehead atoms. The van der Waals surface area contributed by atoms with Crippen LogP contribution < -0.4 is 10.1 Å². The molecule has 1 N–H and O–H groups in total. The second-order valence-corrected chi connectivity index (χ2v) is 8.73. The van der Waals surface area contributed by atoms with Gasteiger partial charge >= 0.3 is 0 Å². The number of rotatable bonds is 7. The van der Waals surface area contributed by atoms with E-state index in [9.17, 15) is 14.4 Å². The number of nitrogens with one attached hydrogen (secondary N) is 1. The number of amides is 3. The molecule has 0 spiro atoms. The minimum atomic E-state index is -0.487. The predicted octanol–water partition coefficient (Wildman–Crippen LogP) is 5.61. The van der Waals surface area contributed by atoms with Gasteiger partial charge < -0.3 is 10.1 Å². The van der Waals surface area contributed by atoms with E-state index in [2.05, 4.69) is 5.32 Å². The molecule has 4 rings (SSSR count). The van der Waals surface area contributed by atoms with Crippen molar-refractivity contribution in [2.24, 2.45) is 0 Å². The summed E-state index contributed by atoms with van der Waals surface area (Å²) < 4.78 is 5.91. The summed E-state index contributed by atoms with van der Waals surface area (Å²) in [6.07, 6.45) is 2.54. The fraction of sp³-hybridized carbons (Fsp3) is 0.192. The van der Waals surface area contributed by atoms with Gasteiger partial charge in [0.15, 0.2) is 0 Å². The Morgan fingerprint density at radius 3 is 2.70 bits per heavy atom. The molecule has 6 nitrogen and oxygen atoms in total. The Bertz CT molecular complexity index is 1270. The summed E-state index contributed by atoms with van der Waals surface area (Å²) in [6, 6.07) is 19.0. The van der Waals surface area contributed by atoms with E-state index in [0.29, 0.717) is 18.0 Å². The number of fused-ring (bicyclic) bond motifs is 1. The quantitative estimate of drug-likeness (QED) is 0.464. The molecule has 1 saturated heterocycles. The van der Waals surface area contributed by atoms with Crippen LogP contribution in [0.4, 0.5) is 10.5 Å². The SMILES string of the molecule is CCCOc1ccc2ccccc2c1C=C1SC(=O)N(CC(=O)Nc2cccc(C)c2)C1=O. The van der Waals surface area contributed by atoms with Crippen molar-refractivity contribution in [3.63, 3.8) is 0 Å². The van der Waals surface area contributed by atoms with Crippen LogP contribution in [0.25, 0.3) is 16.8 Å². The zero-order chi connectivity index (χ0) is 23.4. The van der Waals surface area contributed by atoms with Crippen LogP contribution in [0.2, 0.25) is 0 Å². The molecule has 0 aliphatic carbocycles. The molecule has 1 aliphatic rings. The number of aryl methyl sites for hydroxylation is 1. The Morgan fingerprint density at radius 2 is 1.91 bits per heavy atom. The fourth-order valence-electron chi connectivity index (χ4n) is 3.60. The van der Waals surface area contributed by atoms with Gasteiger partial charge in [0.05, 0.1) is 11.5 Å². The van der Waals surface area contributed by atoms with Gasteiger partial charge in [-0.15, -0.1) is 0 Å². The van der Waals surface area contributed by atoms with Gasteiger partial charge in [0.25, 0.3) is 11.1 Å². The van der Waals surface area contributed by atoms with Crippen molar-refractivity contribution in [1.82, 2.24) is 4.90 Å². The molecule has 1 aliphatic heterocycles. The molecule has 1 heterocycles. The van der Waals surface area contributed by atoms with Crippen LogP contribution >= 0.6 is 11.8 Å². The van der Waals surface area contributed by atoms with E-state index in [4.69, 9.17) is 4.74 Å². The highest BCUT2D eigenvalue weighted by Crippen LogP contribution is 2.36. The molecule has 0 unspecified atom stereocenters. The van der Waals surface area contributed by atoms with Gasteiger partial charge in [-0.2, -0.15) is 0 Å². The van der Waals surface area contributed by atoms with Gasteiger partial charge in [-0.1, -0.05) is 49.4 Å². The summed E-state index contributed by atoms with van der Waals surface area (Å²) in [5.74, 6) is -0.264. The molecule has 3 aromatic carbocycles. The minimum Gasteiger partial charge on any atom is -0.493 e. The summed E-state index contributed by atoms with van der Waals surface area (Å²) in [5, 5.41) is 4.20. The lowest BCUT2D eigenvalue weighted by Gasteiger charge is -2.13. The maximum atomic E-state index is 13.0. The molecule has 3 amide bonds. The summed E-state index contributed by atoms with van der Waals surface area (Å²) in [5.41, 5.74) is 2.37. The summed E-state index contributed by atoms with van der Waals surface area (Å²) in [4.78, 5) is 39.3. The van der Waals surface area contributed by atoms with E-state index in [1.54, 1.807) is 12.1 Å². The third-order valence-electron chi connectivity index (χ3n) is 5.14. The second kappa shape index (κ2) is 9.92. The van der Waals surface area contributed by atoms with Crippen LogP contribution in [0.1, 0.15) is 24.5 Å². The Kier molecular flexibility index (Phi) is 6.79. The van der Waals surface area contributed by atoms with Gasteiger partial charge in [0, 0.05) is 11.3 Å². The van der Waals surface area contributed by atoms with Crippen molar-refractivity contribution < 1.29 is 19.1 Å². The average molecular weight is 461 g/mol. The predicted molar refractivity (Wildman–Crippen MR) is 132 cm³/mol. The molecule has 168 valence electrons. The van der Waals surface area contributed by atoms with Crippen LogP contribution in [0.3, 0.4) is 0 Å². The highest BCUT2D eigenvalue weighted by Gasteiger charge is 2.36. The zero-order valence-corrected chi connectivity index (χ0v) is 19.3. The Morgan fingerprint density at radius 1 is 1.09 bits per heavy atom. The molecule has 0 radical (unpaired) electrons. The van der Waals surface area contributed by atoms with Crippen molar-refractivity contribution >= 4 is 51.4 Å². The van der Waals surface area contributed by atoms with Gasteiger partial charge in [0.1, 0.15) is 12.3 Å². The van der Waals surface area contributed by atoms with Crippen LogP contribution in [0, 0.1) is 6.92 Å². The minimum absolute atomic E-state index is 0.265. The number of hydrogen-bond donors (Lipinski definition) is 1. The number of thioether (sulfide) groups is 1. The molecule has 0 atom stereocenters. The zero-order valence-electron chi connectivity index (χ0n) is 18.5. The number of anilines is 1. The number of nitrogens with zero attached hydrogens (tertiary/aromatic N) is 1. The van der Waals surface area contributed by atoms with E-state index in [-0.39, 0.29) is 11.4 Å². The summed E-state index contributed by atoms with van der Waals surface area (Å²) in [6.45, 7) is 4.14. The molecule has 33 heavy (non-hydrogen) atoms. The average Bonchev–Trinajstić information content (AvgIpc) is 3.06. The van der Waals surface area contributed by atoms with Gasteiger partial charge in [-0.25, -0.2) is 0 Å². The fourth-order valence-corrected chi connectivity index (χ4v) is 4.42. The number of hydrogen-bond acceptors (Lipinski definition) is 5. The number of carbonyl (C=O) groups excluding carboxylic acids is 3. The van der Waals surface area contributed by atoms with E-state index in [1.807, 2.05) is 68.4 Å². The lowest BCUT2D eigenvalue weighted by atomic mass is 10.0. The first-order valence-corrected chi connectivity index (χ1v) is 11.5. The molecule has 3 aromatic rings. The third kappa shape index (κ3) is 5.09. The highest BCUT2D eigenvalue weighted by atomic mass is 32.2. The second-order valence-electron chi connectivity index (χ2n) is 7.73. The van der Waals surface area contributed by atoms with Crippen LogP contribution in [-0.4, -0.2) is 35.1 Å². The molecule has 0 saturated carbocycles. The molecule has 7 heteroatoms. The maximum Gasteiger partial charge on any atom is 0.294 e. The smallest absolute Gasteiger partial charge is 0.294 e. The number of ether oxygens (including phenoxy) is 1. The molecular formula is C26H24N2O4S. The molecule has 0 aromatic heterocycles. The van der Waals surface area contributed by atoms with Gasteiger partial charge in [-0.3, -0.25) is 19.3 Å². The van der Waals surface area contributed by atoms with Crippen molar-refractivity contribution in [2.75, 3.05) is 18.5 Å². The normalized spacial score (nSPS) is 14.8. The Hall–Kier alpha value is -3.58. The Labute approximate surface area is 196 Å². The van der Waals surface area contributed by atoms with E-state index in [0.717, 1.165) is 45.0 Å². The standard InChI is InChI=1S/C26H24N2O4S/c1-3-13-32-22-12-11-18-8-4-5-10-20(18)21(22)15-23-25(30)28(26(31)33-23)16-24(29)27-19-9-6-7-17(2)14-19/h4-12,14-15H,3,13,16H2,1-2H3,(H,27,29). The summed E-state index contributed by atoms with van der Waals surface area (Å²) in [7, 11) is 0. The van der Waals surface area contributed by atoms with Crippen molar-refractivity contribution in [2.45, 2.75) is 20.3 Å². The lowest BCUT2D eigenvalue weighted by Crippen LogP contribution is -2.36. The number of imide groups is 1. The van der Waals surface area contributed by atoms with Crippen molar-refractivity contribution in [3.05, 3.63) is 76.7 Å². The highest BCUT2D eigenvalue weighted by molar-refractivity contribution is 8.18. The topological polar surface area (TPSA) is 75.7 Å². The lowest BCUT2D eigenvalue weighted by molar-refractivity contribution is -0.127. The monoisotopic (exact) mass is 460 g/mol. The first-order chi connectivity index (χ1) is 16.0. The third-order valence-corrected chi connectivity index (χ3v) is 6.05. The largest absolute Gasteiger partial charge is 0.493 e. The van der Waals surface area contributed by atoms with Crippen LogP contribution in [0.5, 0.6) is 5.75 Å². The van der Waals surface area contributed by atoms with Crippen LogP contribution in [0.15, 0.2) is 65.6 Å². The maximum absolute atomic E-state index is 13.0. The first kappa shape index (κ1) is 22.6. The van der Waals surface area contributed by atoms with E-state index >= 15 is 0 Å².